The van der Waals surface area contributed by atoms with Crippen LogP contribution >= 0.6 is 0 Å². The maximum atomic E-state index is 12.0. The lowest BCUT2D eigenvalue weighted by molar-refractivity contribution is -0.127. The molecule has 3 N–H and O–H groups in total. The summed E-state index contributed by atoms with van der Waals surface area (Å²) in [4.78, 5) is 23.0. The Hall–Kier alpha value is -1.88. The summed E-state index contributed by atoms with van der Waals surface area (Å²) in [7, 11) is 0. The summed E-state index contributed by atoms with van der Waals surface area (Å²) >= 11 is 0. The molecule has 1 fully saturated rings. The highest BCUT2D eigenvalue weighted by atomic mass is 16.2. The molecule has 102 valence electrons. The smallest absolute Gasteiger partial charge is 0.239 e. The van der Waals surface area contributed by atoms with Crippen LogP contribution in [0.5, 0.6) is 0 Å². The second-order valence-electron chi connectivity index (χ2n) is 4.88. The number of carbonyl (C=O) groups excluding carboxylic acids is 2. The second kappa shape index (κ2) is 5.84. The summed E-state index contributed by atoms with van der Waals surface area (Å²) in [5.41, 5.74) is 2.26. The monoisotopic (exact) mass is 261 g/mol. The first-order chi connectivity index (χ1) is 9.06. The van der Waals surface area contributed by atoms with Gasteiger partial charge < -0.3 is 10.6 Å². The summed E-state index contributed by atoms with van der Waals surface area (Å²) in [5, 5.41) is 8.53. The topological polar surface area (TPSA) is 70.2 Å². The lowest BCUT2D eigenvalue weighted by Crippen LogP contribution is -2.58. The molecular weight excluding hydrogens is 242 g/mol. The molecule has 19 heavy (non-hydrogen) atoms. The van der Waals surface area contributed by atoms with Crippen LogP contribution in [0.2, 0.25) is 0 Å². The number of rotatable bonds is 3. The molecule has 0 bridgehead atoms. The third-order valence-electron chi connectivity index (χ3n) is 3.26. The van der Waals surface area contributed by atoms with Crippen LogP contribution in [0.3, 0.4) is 0 Å². The number of carbonyl (C=O) groups is 2. The number of hydrogen-bond donors (Lipinski definition) is 3. The van der Waals surface area contributed by atoms with Crippen LogP contribution in [-0.4, -0.2) is 30.9 Å². The average molecular weight is 261 g/mol. The van der Waals surface area contributed by atoms with Crippen molar-refractivity contribution in [2.45, 2.75) is 25.9 Å². The van der Waals surface area contributed by atoms with E-state index < -0.39 is 0 Å². The Morgan fingerprint density at radius 2 is 2.05 bits per heavy atom. The molecule has 0 aliphatic carbocycles. The van der Waals surface area contributed by atoms with E-state index in [0.29, 0.717) is 6.54 Å². The zero-order chi connectivity index (χ0) is 13.8. The van der Waals surface area contributed by atoms with Crippen LogP contribution < -0.4 is 16.0 Å². The van der Waals surface area contributed by atoms with E-state index in [2.05, 4.69) is 16.0 Å². The first kappa shape index (κ1) is 13.5. The van der Waals surface area contributed by atoms with Gasteiger partial charge in [-0.15, -0.1) is 0 Å². The molecule has 1 aromatic carbocycles. The zero-order valence-corrected chi connectivity index (χ0v) is 11.2. The molecule has 5 nitrogen and oxygen atoms in total. The lowest BCUT2D eigenvalue weighted by Gasteiger charge is -2.25. The molecule has 0 radical (unpaired) electrons. The van der Waals surface area contributed by atoms with Gasteiger partial charge in [-0.3, -0.25) is 14.9 Å². The van der Waals surface area contributed by atoms with Gasteiger partial charge in [0.25, 0.3) is 0 Å². The van der Waals surface area contributed by atoms with Crippen molar-refractivity contribution in [1.82, 2.24) is 16.0 Å². The normalized spacial score (nSPS) is 20.5. The maximum absolute atomic E-state index is 12.0. The van der Waals surface area contributed by atoms with E-state index >= 15 is 0 Å². The van der Waals surface area contributed by atoms with E-state index in [1.165, 1.54) is 5.56 Å². The number of aryl methyl sites for hydroxylation is 1. The van der Waals surface area contributed by atoms with Crippen molar-refractivity contribution in [3.63, 3.8) is 0 Å². The highest BCUT2D eigenvalue weighted by molar-refractivity contribution is 5.86. The molecule has 2 rings (SSSR count). The van der Waals surface area contributed by atoms with Crippen molar-refractivity contribution in [2.75, 3.05) is 13.1 Å². The fraction of sp³-hybridized carbons (Fsp3) is 0.429. The highest BCUT2D eigenvalue weighted by Gasteiger charge is 2.24. The summed E-state index contributed by atoms with van der Waals surface area (Å²) in [6.45, 7) is 4.51. The summed E-state index contributed by atoms with van der Waals surface area (Å²) < 4.78 is 0. The van der Waals surface area contributed by atoms with Gasteiger partial charge in [-0.25, -0.2) is 0 Å². The van der Waals surface area contributed by atoms with Gasteiger partial charge in [0.1, 0.15) is 6.04 Å². The molecule has 2 atom stereocenters. The zero-order valence-electron chi connectivity index (χ0n) is 11.2. The Kier molecular flexibility index (Phi) is 4.16. The van der Waals surface area contributed by atoms with Gasteiger partial charge in [0.15, 0.2) is 0 Å². The predicted octanol–water partition coefficient (Wildman–Crippen LogP) is 0.260. The van der Waals surface area contributed by atoms with Gasteiger partial charge in [-0.1, -0.05) is 29.8 Å². The van der Waals surface area contributed by atoms with Crippen LogP contribution in [0.25, 0.3) is 0 Å². The van der Waals surface area contributed by atoms with Crippen LogP contribution in [0.4, 0.5) is 0 Å². The van der Waals surface area contributed by atoms with Crippen molar-refractivity contribution in [3.05, 3.63) is 35.4 Å². The summed E-state index contributed by atoms with van der Waals surface area (Å²) in [5.74, 6) is -0.163. The van der Waals surface area contributed by atoms with E-state index in [0.717, 1.165) is 5.56 Å². The Labute approximate surface area is 112 Å². The van der Waals surface area contributed by atoms with E-state index in [1.807, 2.05) is 38.1 Å². The first-order valence-electron chi connectivity index (χ1n) is 6.43. The third kappa shape index (κ3) is 3.54. The third-order valence-corrected chi connectivity index (χ3v) is 3.26. The van der Waals surface area contributed by atoms with Gasteiger partial charge in [-0.2, -0.15) is 0 Å². The molecule has 2 amide bonds. The number of benzene rings is 1. The minimum atomic E-state index is -0.356. The molecule has 1 aromatic rings. The van der Waals surface area contributed by atoms with Gasteiger partial charge in [-0.05, 0) is 19.4 Å². The number of piperazine rings is 1. The molecule has 5 heteroatoms. The van der Waals surface area contributed by atoms with Crippen molar-refractivity contribution >= 4 is 11.8 Å². The molecule has 0 saturated carbocycles. The Morgan fingerprint density at radius 3 is 2.63 bits per heavy atom. The predicted molar refractivity (Wildman–Crippen MR) is 72.5 cm³/mol. The quantitative estimate of drug-likeness (QED) is 0.731. The van der Waals surface area contributed by atoms with Crippen molar-refractivity contribution < 1.29 is 9.59 Å². The molecule has 1 aliphatic heterocycles. The van der Waals surface area contributed by atoms with Gasteiger partial charge in [0.2, 0.25) is 11.8 Å². The average Bonchev–Trinajstić information content (AvgIpc) is 2.40. The second-order valence-corrected chi connectivity index (χ2v) is 4.88. The van der Waals surface area contributed by atoms with Crippen molar-refractivity contribution in [3.8, 4) is 0 Å². The lowest BCUT2D eigenvalue weighted by atomic mass is 10.1. The highest BCUT2D eigenvalue weighted by Crippen LogP contribution is 2.13. The van der Waals surface area contributed by atoms with Crippen molar-refractivity contribution in [1.29, 1.82) is 0 Å². The molecule has 0 spiro atoms. The fourth-order valence-corrected chi connectivity index (χ4v) is 2.00. The van der Waals surface area contributed by atoms with E-state index in [4.69, 9.17) is 0 Å². The molecular formula is C14H19N3O2. The van der Waals surface area contributed by atoms with E-state index in [-0.39, 0.29) is 30.4 Å². The van der Waals surface area contributed by atoms with Crippen LogP contribution in [0.1, 0.15) is 24.1 Å². The Bertz CT molecular complexity index is 460. The van der Waals surface area contributed by atoms with Gasteiger partial charge in [0, 0.05) is 6.54 Å². The van der Waals surface area contributed by atoms with Gasteiger partial charge in [0.05, 0.1) is 12.6 Å². The fourth-order valence-electron chi connectivity index (χ4n) is 2.00. The largest absolute Gasteiger partial charge is 0.353 e. The first-order valence-corrected chi connectivity index (χ1v) is 6.43. The van der Waals surface area contributed by atoms with E-state index in [9.17, 15) is 9.59 Å². The number of nitrogens with one attached hydrogen (secondary N) is 3. The summed E-state index contributed by atoms with van der Waals surface area (Å²) in [6.07, 6.45) is 0. The molecule has 1 aliphatic rings. The van der Waals surface area contributed by atoms with Gasteiger partial charge >= 0.3 is 0 Å². The Balaban J connectivity index is 1.91. The van der Waals surface area contributed by atoms with E-state index in [1.54, 1.807) is 0 Å². The maximum Gasteiger partial charge on any atom is 0.239 e. The SMILES string of the molecule is Cc1ccc([C@H](C)NC(=O)C2CNC(=O)CN2)cc1. The number of hydrogen-bond acceptors (Lipinski definition) is 3. The molecule has 1 unspecified atom stereocenters. The minimum absolute atomic E-state index is 0.0486. The van der Waals surface area contributed by atoms with Crippen molar-refractivity contribution in [2.24, 2.45) is 0 Å². The minimum Gasteiger partial charge on any atom is -0.353 e. The summed E-state index contributed by atoms with van der Waals surface area (Å²) in [6, 6.07) is 7.67. The molecule has 1 heterocycles. The van der Waals surface area contributed by atoms with Crippen LogP contribution in [-0.2, 0) is 9.59 Å². The van der Waals surface area contributed by atoms with Crippen LogP contribution in [0, 0.1) is 6.92 Å². The number of amides is 2. The van der Waals surface area contributed by atoms with Crippen LogP contribution in [0.15, 0.2) is 24.3 Å². The standard InChI is InChI=1S/C14H19N3O2/c1-9-3-5-11(6-4-9)10(2)17-14(19)12-7-16-13(18)8-15-12/h3-6,10,12,15H,7-8H2,1-2H3,(H,16,18)(H,17,19)/t10-,12?/m0/s1. The Morgan fingerprint density at radius 1 is 1.37 bits per heavy atom. The molecule has 1 saturated heterocycles. The molecule has 0 aromatic heterocycles.